The Labute approximate surface area is 215 Å². The molecule has 0 fully saturated rings. The van der Waals surface area contributed by atoms with Crippen LogP contribution in [0.5, 0.6) is 0 Å². The highest BCUT2D eigenvalue weighted by molar-refractivity contribution is 5.86. The number of halogens is 4. The predicted octanol–water partition coefficient (Wildman–Crippen LogP) is 8.62. The average molecular weight is 499 g/mol. The number of fused-ring (bicyclic) bond motifs is 1. The first kappa shape index (κ1) is 26.1. The Hall–Kier alpha value is -4.02. The highest BCUT2D eigenvalue weighted by Crippen LogP contribution is 2.23. The maximum Gasteiger partial charge on any atom is 0.393 e. The molecule has 0 spiro atoms. The zero-order valence-corrected chi connectivity index (χ0v) is 20.6. The molecule has 0 aromatic heterocycles. The van der Waals surface area contributed by atoms with Crippen LogP contribution in [0.15, 0.2) is 78.9 Å². The molecule has 0 aliphatic heterocycles. The van der Waals surface area contributed by atoms with Crippen molar-refractivity contribution in [2.24, 2.45) is 0 Å². The van der Waals surface area contributed by atoms with Crippen LogP contribution in [0.2, 0.25) is 0 Å². The SMILES string of the molecule is CCCCCc1ccc(C#Cc2ccc3c(F)c(C#Cc4ccc(CC(F)(F)F)cc4)ccc3c2)cc1. The van der Waals surface area contributed by atoms with Crippen molar-refractivity contribution >= 4 is 10.8 Å². The van der Waals surface area contributed by atoms with Crippen molar-refractivity contribution in [3.63, 3.8) is 0 Å². The fraction of sp³-hybridized carbons (Fsp3) is 0.212. The van der Waals surface area contributed by atoms with Gasteiger partial charge in [0.05, 0.1) is 12.0 Å². The largest absolute Gasteiger partial charge is 0.393 e. The van der Waals surface area contributed by atoms with Crippen LogP contribution in [0.1, 0.15) is 59.6 Å². The number of unbranched alkanes of at least 4 members (excludes halogenated alkanes) is 2. The summed E-state index contributed by atoms with van der Waals surface area (Å²) >= 11 is 0. The number of aryl methyl sites for hydroxylation is 1. The molecule has 0 heterocycles. The van der Waals surface area contributed by atoms with E-state index in [1.165, 1.54) is 49.1 Å². The molecule has 0 amide bonds. The van der Waals surface area contributed by atoms with Gasteiger partial charge in [-0.2, -0.15) is 13.2 Å². The van der Waals surface area contributed by atoms with E-state index in [1.807, 2.05) is 18.2 Å². The van der Waals surface area contributed by atoms with Gasteiger partial charge in [0, 0.05) is 22.1 Å². The molecule has 0 nitrogen and oxygen atoms in total. The third-order valence-corrected chi connectivity index (χ3v) is 6.03. The molecular weight excluding hydrogens is 472 g/mol. The molecule has 0 aliphatic carbocycles. The van der Waals surface area contributed by atoms with Crippen LogP contribution in [-0.4, -0.2) is 6.18 Å². The number of alkyl halides is 3. The molecular formula is C33H26F4. The van der Waals surface area contributed by atoms with E-state index < -0.39 is 18.4 Å². The molecule has 0 saturated heterocycles. The quantitative estimate of drug-likeness (QED) is 0.147. The van der Waals surface area contributed by atoms with Gasteiger partial charge in [-0.05, 0) is 71.8 Å². The van der Waals surface area contributed by atoms with Gasteiger partial charge in [0.25, 0.3) is 0 Å². The van der Waals surface area contributed by atoms with Gasteiger partial charge in [-0.25, -0.2) is 4.39 Å². The standard InChI is InChI=1S/C33H26F4/c1-2-3-4-5-24-6-8-25(9-7-24)10-13-27-17-21-31-30(22-27)20-19-29(32(31)34)18-16-26-11-14-28(15-12-26)23-33(35,36)37/h6-9,11-12,14-15,17,19-22H,2-5,23H2,1H3. The van der Waals surface area contributed by atoms with Crippen molar-refractivity contribution in [3.05, 3.63) is 118 Å². The zero-order valence-electron chi connectivity index (χ0n) is 20.6. The van der Waals surface area contributed by atoms with Gasteiger partial charge < -0.3 is 0 Å². The summed E-state index contributed by atoms with van der Waals surface area (Å²) in [6, 6.07) is 22.8. The van der Waals surface area contributed by atoms with E-state index in [0.29, 0.717) is 10.9 Å². The summed E-state index contributed by atoms with van der Waals surface area (Å²) in [6.45, 7) is 2.20. The summed E-state index contributed by atoms with van der Waals surface area (Å²) in [4.78, 5) is 0. The van der Waals surface area contributed by atoms with E-state index in [0.717, 1.165) is 22.9 Å². The van der Waals surface area contributed by atoms with E-state index in [1.54, 1.807) is 24.3 Å². The van der Waals surface area contributed by atoms with Crippen LogP contribution in [0, 0.1) is 29.5 Å². The van der Waals surface area contributed by atoms with Crippen LogP contribution in [-0.2, 0) is 12.8 Å². The first-order valence-corrected chi connectivity index (χ1v) is 12.3. The lowest BCUT2D eigenvalue weighted by atomic mass is 10.0. The Morgan fingerprint density at radius 3 is 1.89 bits per heavy atom. The molecule has 0 saturated carbocycles. The molecule has 4 rings (SSSR count). The van der Waals surface area contributed by atoms with Crippen molar-refractivity contribution in [1.29, 1.82) is 0 Å². The number of hydrogen-bond donors (Lipinski definition) is 0. The van der Waals surface area contributed by atoms with E-state index >= 15 is 4.39 Å². The summed E-state index contributed by atoms with van der Waals surface area (Å²) in [7, 11) is 0. The monoisotopic (exact) mass is 498 g/mol. The van der Waals surface area contributed by atoms with Gasteiger partial charge in [0.15, 0.2) is 0 Å². The first-order chi connectivity index (χ1) is 17.8. The minimum atomic E-state index is -4.26. The van der Waals surface area contributed by atoms with Gasteiger partial charge in [0.1, 0.15) is 5.82 Å². The molecule has 4 heteroatoms. The summed E-state index contributed by atoms with van der Waals surface area (Å²) < 4.78 is 52.6. The van der Waals surface area contributed by atoms with Gasteiger partial charge in [-0.15, -0.1) is 0 Å². The van der Waals surface area contributed by atoms with E-state index in [2.05, 4.69) is 42.7 Å². The van der Waals surface area contributed by atoms with Crippen molar-refractivity contribution in [2.75, 3.05) is 0 Å². The van der Waals surface area contributed by atoms with Crippen molar-refractivity contribution in [3.8, 4) is 23.7 Å². The maximum absolute atomic E-state index is 15.1. The fourth-order valence-electron chi connectivity index (χ4n) is 4.02. The Kier molecular flexibility index (Phi) is 8.32. The maximum atomic E-state index is 15.1. The van der Waals surface area contributed by atoms with Crippen LogP contribution in [0.25, 0.3) is 10.8 Å². The van der Waals surface area contributed by atoms with Crippen molar-refractivity contribution in [2.45, 2.75) is 45.2 Å². The Morgan fingerprint density at radius 2 is 1.24 bits per heavy atom. The van der Waals surface area contributed by atoms with Crippen LogP contribution in [0.4, 0.5) is 17.6 Å². The van der Waals surface area contributed by atoms with Crippen molar-refractivity contribution in [1.82, 2.24) is 0 Å². The van der Waals surface area contributed by atoms with E-state index in [-0.39, 0.29) is 11.1 Å². The van der Waals surface area contributed by atoms with Crippen molar-refractivity contribution < 1.29 is 17.6 Å². The molecule has 0 unspecified atom stereocenters. The number of benzene rings is 4. The Bertz CT molecular complexity index is 1490. The minimum Gasteiger partial charge on any atom is -0.205 e. The van der Waals surface area contributed by atoms with E-state index in [9.17, 15) is 13.2 Å². The molecule has 4 aromatic rings. The zero-order chi connectivity index (χ0) is 26.3. The van der Waals surface area contributed by atoms with Gasteiger partial charge in [0.2, 0.25) is 0 Å². The third-order valence-electron chi connectivity index (χ3n) is 6.03. The average Bonchev–Trinajstić information content (AvgIpc) is 2.88. The molecule has 0 atom stereocenters. The molecule has 0 bridgehead atoms. The molecule has 0 aliphatic rings. The smallest absolute Gasteiger partial charge is 0.205 e. The Morgan fingerprint density at radius 1 is 0.649 bits per heavy atom. The molecule has 0 radical (unpaired) electrons. The van der Waals surface area contributed by atoms with Gasteiger partial charge >= 0.3 is 6.18 Å². The van der Waals surface area contributed by atoms with Crippen LogP contribution in [0.3, 0.4) is 0 Å². The molecule has 37 heavy (non-hydrogen) atoms. The molecule has 0 N–H and O–H groups in total. The summed E-state index contributed by atoms with van der Waals surface area (Å²) in [5.74, 6) is 11.5. The lowest BCUT2D eigenvalue weighted by molar-refractivity contribution is -0.127. The predicted molar refractivity (Wildman–Crippen MR) is 142 cm³/mol. The second-order valence-corrected chi connectivity index (χ2v) is 9.01. The third kappa shape index (κ3) is 7.48. The number of hydrogen-bond acceptors (Lipinski definition) is 0. The highest BCUT2D eigenvalue weighted by atomic mass is 19.4. The second-order valence-electron chi connectivity index (χ2n) is 9.01. The highest BCUT2D eigenvalue weighted by Gasteiger charge is 2.27. The lowest BCUT2D eigenvalue weighted by Crippen LogP contribution is -2.11. The molecule has 4 aromatic carbocycles. The van der Waals surface area contributed by atoms with E-state index in [4.69, 9.17) is 0 Å². The number of rotatable bonds is 5. The van der Waals surface area contributed by atoms with Crippen LogP contribution < -0.4 is 0 Å². The summed E-state index contributed by atoms with van der Waals surface area (Å²) in [6.07, 6.45) is -0.525. The van der Waals surface area contributed by atoms with Gasteiger partial charge in [-0.1, -0.05) is 79.8 Å². The van der Waals surface area contributed by atoms with Crippen LogP contribution >= 0.6 is 0 Å². The lowest BCUT2D eigenvalue weighted by Gasteiger charge is -2.05. The Balaban J connectivity index is 1.48. The minimum absolute atomic E-state index is 0.160. The second kappa shape index (κ2) is 11.8. The topological polar surface area (TPSA) is 0 Å². The summed E-state index contributed by atoms with van der Waals surface area (Å²) in [5.41, 5.74) is 3.94. The summed E-state index contributed by atoms with van der Waals surface area (Å²) in [5, 5.41) is 1.16. The normalized spacial score (nSPS) is 10.9. The molecule has 186 valence electrons. The fourth-order valence-corrected chi connectivity index (χ4v) is 4.02. The van der Waals surface area contributed by atoms with Gasteiger partial charge in [-0.3, -0.25) is 0 Å². The first-order valence-electron chi connectivity index (χ1n) is 12.3.